The topological polar surface area (TPSA) is 168 Å². The molecule has 17 heteroatoms. The first-order chi connectivity index (χ1) is 27.5. The number of aliphatic carboxylic acids is 2. The number of carbonyl (C=O) groups excluding carboxylic acids is 2. The average molecular weight is 803 g/mol. The molecule has 14 nitrogen and oxygen atoms in total. The zero-order chi connectivity index (χ0) is 42.1. The number of benzene rings is 2. The summed E-state index contributed by atoms with van der Waals surface area (Å²) >= 11 is 0. The lowest BCUT2D eigenvalue weighted by molar-refractivity contribution is -0.137. The first kappa shape index (κ1) is 42.4. The Kier molecular flexibility index (Phi) is 13.5. The maximum Gasteiger partial charge on any atom is 0.416 e. The number of pyridine rings is 2. The van der Waals surface area contributed by atoms with Gasteiger partial charge in [0.15, 0.2) is 0 Å². The Morgan fingerprint density at radius 2 is 1.48 bits per heavy atom. The fraction of sp³-hybridized carbons (Fsp3) is 0.268. The number of aromatic nitrogens is 3. The maximum atomic E-state index is 13.6. The molecule has 1 fully saturated rings. The summed E-state index contributed by atoms with van der Waals surface area (Å²) in [5.41, 5.74) is 2.23. The Morgan fingerprint density at radius 1 is 0.845 bits per heavy atom. The molecule has 2 amide bonds. The van der Waals surface area contributed by atoms with Gasteiger partial charge in [0, 0.05) is 94.3 Å². The second kappa shape index (κ2) is 18.5. The monoisotopic (exact) mass is 802 g/mol. The number of aryl methyl sites for hydroxylation is 1. The number of alkyl halides is 3. The van der Waals surface area contributed by atoms with Crippen molar-refractivity contribution in [1.82, 2.24) is 24.3 Å². The Labute approximate surface area is 331 Å². The fourth-order valence-electron chi connectivity index (χ4n) is 5.93. The number of carboxylic acid groups (broad SMARTS) is 2. The molecule has 4 heterocycles. The van der Waals surface area contributed by atoms with Crippen molar-refractivity contribution in [2.75, 3.05) is 38.1 Å². The highest BCUT2D eigenvalue weighted by Gasteiger charge is 2.30. The van der Waals surface area contributed by atoms with Gasteiger partial charge in [0.2, 0.25) is 11.8 Å². The highest BCUT2D eigenvalue weighted by Crippen LogP contribution is 2.31. The normalized spacial score (nSPS) is 13.3. The minimum Gasteiger partial charge on any atom is -0.478 e. The van der Waals surface area contributed by atoms with Crippen molar-refractivity contribution in [1.29, 1.82) is 0 Å². The lowest BCUT2D eigenvalue weighted by atomic mass is 10.1. The van der Waals surface area contributed by atoms with E-state index in [9.17, 15) is 32.3 Å². The van der Waals surface area contributed by atoms with Crippen molar-refractivity contribution in [3.05, 3.63) is 120 Å². The van der Waals surface area contributed by atoms with Gasteiger partial charge in [-0.25, -0.2) is 19.6 Å². The molecule has 0 bridgehead atoms. The Balaban J connectivity index is 0.000000725. The van der Waals surface area contributed by atoms with E-state index < -0.39 is 29.6 Å². The van der Waals surface area contributed by atoms with Crippen molar-refractivity contribution in [2.24, 2.45) is 7.05 Å². The Morgan fingerprint density at radius 3 is 2.03 bits per heavy atom. The van der Waals surface area contributed by atoms with Gasteiger partial charge in [-0.05, 0) is 67.9 Å². The summed E-state index contributed by atoms with van der Waals surface area (Å²) in [6, 6.07) is 18.6. The van der Waals surface area contributed by atoms with Crippen LogP contribution in [-0.2, 0) is 29.4 Å². The summed E-state index contributed by atoms with van der Waals surface area (Å²) in [5, 5.41) is 16.5. The third kappa shape index (κ3) is 11.2. The molecule has 0 saturated carbocycles. The van der Waals surface area contributed by atoms with Crippen LogP contribution in [0.1, 0.15) is 45.8 Å². The molecule has 1 aliphatic heterocycles. The number of ether oxygens (including phenoxy) is 2. The number of amides is 2. The predicted molar refractivity (Wildman–Crippen MR) is 207 cm³/mol. The van der Waals surface area contributed by atoms with Crippen LogP contribution in [0.3, 0.4) is 0 Å². The molecule has 3 aromatic heterocycles. The molecule has 6 rings (SSSR count). The molecule has 0 aliphatic carbocycles. The van der Waals surface area contributed by atoms with E-state index in [-0.39, 0.29) is 23.5 Å². The van der Waals surface area contributed by atoms with Gasteiger partial charge in [0.1, 0.15) is 11.4 Å². The molecule has 0 atom stereocenters. The van der Waals surface area contributed by atoms with E-state index in [0.717, 1.165) is 60.4 Å². The standard InChI is InChI=1S/C37H37F3N6O4.C4H4O4/c1-24(2)49-33-13-5-25(21-41-33)23-45-15-17-46(18-16-45)36(48)32-19-27-8-12-30(20-31(27)44(32)4)50-34-14-11-29(22-42-34)43(3)35(47)26-6-9-28(10-7-26)37(38,39)40;5-3(6)1-2-4(7)8/h5-14,19-22,24H,15-18,23H2,1-4H3;1-2H,(H,5,6)(H,7,8)/b;2-1-. The summed E-state index contributed by atoms with van der Waals surface area (Å²) in [4.78, 5) is 59.7. The molecular formula is C41H41F3N6O8. The van der Waals surface area contributed by atoms with Gasteiger partial charge in [-0.2, -0.15) is 13.2 Å². The lowest BCUT2D eigenvalue weighted by Crippen LogP contribution is -2.48. The minimum atomic E-state index is -4.48. The number of fused-ring (bicyclic) bond motifs is 1. The summed E-state index contributed by atoms with van der Waals surface area (Å²) in [6.45, 7) is 7.42. The quantitative estimate of drug-likeness (QED) is 0.140. The van der Waals surface area contributed by atoms with E-state index >= 15 is 0 Å². The number of hydrogen-bond acceptors (Lipinski definition) is 9. The number of carboxylic acids is 2. The molecule has 2 N–H and O–H groups in total. The van der Waals surface area contributed by atoms with Gasteiger partial charge in [0.25, 0.3) is 11.8 Å². The van der Waals surface area contributed by atoms with Crippen LogP contribution in [-0.4, -0.2) is 97.6 Å². The number of rotatable bonds is 11. The Hall–Kier alpha value is -6.75. The highest BCUT2D eigenvalue weighted by atomic mass is 19.4. The van der Waals surface area contributed by atoms with E-state index in [0.29, 0.717) is 48.3 Å². The van der Waals surface area contributed by atoms with E-state index in [4.69, 9.17) is 19.7 Å². The van der Waals surface area contributed by atoms with Gasteiger partial charge < -0.3 is 34.1 Å². The predicted octanol–water partition coefficient (Wildman–Crippen LogP) is 6.51. The number of halogens is 3. The maximum absolute atomic E-state index is 13.6. The molecule has 2 aromatic carbocycles. The van der Waals surface area contributed by atoms with Crippen LogP contribution in [0.2, 0.25) is 0 Å². The van der Waals surface area contributed by atoms with E-state index in [1.54, 1.807) is 18.2 Å². The van der Waals surface area contributed by atoms with Crippen LogP contribution in [0.25, 0.3) is 10.9 Å². The molecule has 58 heavy (non-hydrogen) atoms. The second-order valence-corrected chi connectivity index (χ2v) is 13.5. The van der Waals surface area contributed by atoms with Crippen molar-refractivity contribution in [3.63, 3.8) is 0 Å². The summed E-state index contributed by atoms with van der Waals surface area (Å²) in [5.74, 6) is -1.62. The molecule has 5 aromatic rings. The number of piperazine rings is 1. The minimum absolute atomic E-state index is 0.0325. The van der Waals surface area contributed by atoms with Crippen LogP contribution in [0.4, 0.5) is 18.9 Å². The van der Waals surface area contributed by atoms with Gasteiger partial charge in [0.05, 0.1) is 29.1 Å². The summed E-state index contributed by atoms with van der Waals surface area (Å²) in [6.07, 6.45) is -0.00773. The SMILES string of the molecule is CC(C)Oc1ccc(CN2CCN(C(=O)c3cc4ccc(Oc5ccc(N(C)C(=O)c6ccc(C(F)(F)F)cc6)cn5)cc4n3C)CC2)cn1.O=C(O)/C=C\C(=O)O. The molecular weight excluding hydrogens is 761 g/mol. The second-order valence-electron chi connectivity index (χ2n) is 13.5. The summed E-state index contributed by atoms with van der Waals surface area (Å²) in [7, 11) is 3.37. The van der Waals surface area contributed by atoms with Gasteiger partial charge >= 0.3 is 18.1 Å². The van der Waals surface area contributed by atoms with Gasteiger partial charge in [-0.3, -0.25) is 14.5 Å². The van der Waals surface area contributed by atoms with Crippen molar-refractivity contribution >= 4 is 40.3 Å². The zero-order valence-electron chi connectivity index (χ0n) is 32.0. The van der Waals surface area contributed by atoms with Crippen LogP contribution in [0.5, 0.6) is 17.5 Å². The third-order valence-corrected chi connectivity index (χ3v) is 8.92. The third-order valence-electron chi connectivity index (χ3n) is 8.92. The Bertz CT molecular complexity index is 2250. The first-order valence-corrected chi connectivity index (χ1v) is 17.9. The van der Waals surface area contributed by atoms with Crippen LogP contribution in [0.15, 0.2) is 97.3 Å². The summed E-state index contributed by atoms with van der Waals surface area (Å²) < 4.78 is 52.2. The molecule has 0 radical (unpaired) electrons. The number of nitrogens with zero attached hydrogens (tertiary/aromatic N) is 6. The van der Waals surface area contributed by atoms with Gasteiger partial charge in [-0.15, -0.1) is 0 Å². The highest BCUT2D eigenvalue weighted by molar-refractivity contribution is 6.05. The fourth-order valence-corrected chi connectivity index (χ4v) is 5.93. The lowest BCUT2D eigenvalue weighted by Gasteiger charge is -2.34. The van der Waals surface area contributed by atoms with Crippen molar-refractivity contribution in [3.8, 4) is 17.5 Å². The first-order valence-electron chi connectivity index (χ1n) is 17.9. The van der Waals surface area contributed by atoms with Gasteiger partial charge in [-0.1, -0.05) is 6.07 Å². The van der Waals surface area contributed by atoms with E-state index in [1.165, 1.54) is 18.1 Å². The van der Waals surface area contributed by atoms with Crippen molar-refractivity contribution < 1.29 is 52.0 Å². The van der Waals surface area contributed by atoms with Crippen LogP contribution < -0.4 is 14.4 Å². The van der Waals surface area contributed by atoms with E-state index in [2.05, 4.69) is 14.9 Å². The van der Waals surface area contributed by atoms with Crippen LogP contribution in [0, 0.1) is 0 Å². The molecule has 1 saturated heterocycles. The van der Waals surface area contributed by atoms with E-state index in [1.807, 2.05) is 66.9 Å². The van der Waals surface area contributed by atoms with Crippen molar-refractivity contribution in [2.45, 2.75) is 32.7 Å². The average Bonchev–Trinajstić information content (AvgIpc) is 3.52. The number of anilines is 1. The molecule has 0 unspecified atom stereocenters. The molecule has 304 valence electrons. The molecule has 1 aliphatic rings. The largest absolute Gasteiger partial charge is 0.478 e. The number of hydrogen-bond donors (Lipinski definition) is 2. The molecule has 0 spiro atoms. The van der Waals surface area contributed by atoms with Crippen LogP contribution >= 0.6 is 0 Å². The number of carbonyl (C=O) groups is 4. The zero-order valence-corrected chi connectivity index (χ0v) is 32.0. The smallest absolute Gasteiger partial charge is 0.416 e.